The number of aromatic nitrogens is 6. The predicted octanol–water partition coefficient (Wildman–Crippen LogP) is 10.9. The highest BCUT2D eigenvalue weighted by Gasteiger charge is 2.23. The van der Waals surface area contributed by atoms with E-state index in [0.717, 1.165) is 23.2 Å². The van der Waals surface area contributed by atoms with E-state index in [1.807, 2.05) is 24.5 Å². The number of carboxylic acid groups (broad SMARTS) is 2. The fourth-order valence-corrected chi connectivity index (χ4v) is 6.25. The molecule has 0 aliphatic heterocycles. The minimum Gasteiger partial charge on any atom is -0.478 e. The number of halogens is 10. The largest absolute Gasteiger partial charge is 0.478 e. The SMILES string of the molecule is CC(C)n1cnc2cc(Br)nc(Cl)c21.CC(C)n1cnc2cc(Br)nc(Nc3cc(C(=O)O)c(Cl)c(F)c3F)c21.Cl.Nc1cc(C(=O)O)c(Cl)c(F)c1F. The second kappa shape index (κ2) is 18.1. The first-order valence-electron chi connectivity index (χ1n) is 14.8. The van der Waals surface area contributed by atoms with Gasteiger partial charge in [-0.25, -0.2) is 47.1 Å². The Morgan fingerprint density at radius 3 is 1.69 bits per heavy atom. The normalized spacial score (nSPS) is 10.9. The minimum atomic E-state index is -1.48. The average Bonchev–Trinajstić information content (AvgIpc) is 3.71. The Kier molecular flexibility index (Phi) is 14.9. The third-order valence-electron chi connectivity index (χ3n) is 7.15. The van der Waals surface area contributed by atoms with Gasteiger partial charge >= 0.3 is 11.9 Å². The van der Waals surface area contributed by atoms with Crippen molar-refractivity contribution < 1.29 is 37.4 Å². The predicted molar refractivity (Wildman–Crippen MR) is 208 cm³/mol. The highest BCUT2D eigenvalue weighted by molar-refractivity contribution is 9.10. The van der Waals surface area contributed by atoms with Crippen LogP contribution in [0.25, 0.3) is 22.1 Å². The van der Waals surface area contributed by atoms with Crippen molar-refractivity contribution in [3.8, 4) is 0 Å². The summed E-state index contributed by atoms with van der Waals surface area (Å²) in [4.78, 5) is 38.6. The van der Waals surface area contributed by atoms with Crippen molar-refractivity contribution in [1.29, 1.82) is 0 Å². The maximum absolute atomic E-state index is 14.3. The summed E-state index contributed by atoms with van der Waals surface area (Å²) in [5.41, 5.74) is 5.80. The lowest BCUT2D eigenvalue weighted by atomic mass is 10.1. The van der Waals surface area contributed by atoms with E-state index in [1.165, 1.54) is 0 Å². The number of fused-ring (bicyclic) bond motifs is 2. The topological polar surface area (TPSA) is 174 Å². The Labute approximate surface area is 341 Å². The molecule has 0 saturated heterocycles. The Bertz CT molecular complexity index is 2400. The lowest BCUT2D eigenvalue weighted by Crippen LogP contribution is -2.07. The van der Waals surface area contributed by atoms with Gasteiger partial charge in [0.05, 0.1) is 56.2 Å². The van der Waals surface area contributed by atoms with Crippen molar-refractivity contribution in [1.82, 2.24) is 29.1 Å². The summed E-state index contributed by atoms with van der Waals surface area (Å²) in [6.45, 7) is 8.02. The Morgan fingerprint density at radius 2 is 1.19 bits per heavy atom. The number of hydrogen-bond donors (Lipinski definition) is 4. The van der Waals surface area contributed by atoms with Crippen LogP contribution in [0.4, 0.5) is 34.8 Å². The van der Waals surface area contributed by atoms with Gasteiger partial charge in [-0.2, -0.15) is 0 Å². The molecular formula is C32H26Br2Cl4F4N8O4. The molecule has 0 unspecified atom stereocenters. The third-order valence-corrected chi connectivity index (χ3v) is 8.96. The van der Waals surface area contributed by atoms with Crippen LogP contribution < -0.4 is 11.1 Å². The van der Waals surface area contributed by atoms with Gasteiger partial charge in [0.2, 0.25) is 0 Å². The van der Waals surface area contributed by atoms with E-state index in [0.29, 0.717) is 31.4 Å². The molecule has 6 aromatic rings. The number of hydrogen-bond acceptors (Lipinski definition) is 8. The third kappa shape index (κ3) is 9.46. The number of nitrogens with two attached hydrogens (primary N) is 1. The Balaban J connectivity index is 0.000000237. The molecular weight excluding hydrogens is 938 g/mol. The Morgan fingerprint density at radius 1 is 0.741 bits per heavy atom. The number of carboxylic acids is 2. The van der Waals surface area contributed by atoms with E-state index in [4.69, 9.17) is 50.7 Å². The van der Waals surface area contributed by atoms with Gasteiger partial charge in [0, 0.05) is 12.1 Å². The molecule has 22 heteroatoms. The number of pyridine rings is 2. The number of nitrogens with one attached hydrogen (secondary N) is 1. The van der Waals surface area contributed by atoms with Gasteiger partial charge in [0.1, 0.15) is 20.2 Å². The first-order valence-corrected chi connectivity index (χ1v) is 17.5. The maximum Gasteiger partial charge on any atom is 0.337 e. The van der Waals surface area contributed by atoms with Gasteiger partial charge in [-0.15, -0.1) is 12.4 Å². The van der Waals surface area contributed by atoms with Crippen LogP contribution in [0.2, 0.25) is 15.2 Å². The van der Waals surface area contributed by atoms with Crippen LogP contribution >= 0.6 is 79.1 Å². The van der Waals surface area contributed by atoms with Crippen LogP contribution in [0.15, 0.2) is 46.1 Å². The summed E-state index contributed by atoms with van der Waals surface area (Å²) in [6, 6.07) is 5.60. The van der Waals surface area contributed by atoms with Gasteiger partial charge in [-0.05, 0) is 83.8 Å². The molecule has 12 nitrogen and oxygen atoms in total. The van der Waals surface area contributed by atoms with Crippen molar-refractivity contribution in [3.05, 3.63) is 95.7 Å². The number of aromatic carboxylic acids is 2. The van der Waals surface area contributed by atoms with E-state index in [9.17, 15) is 27.2 Å². The van der Waals surface area contributed by atoms with Crippen molar-refractivity contribution in [2.75, 3.05) is 11.1 Å². The van der Waals surface area contributed by atoms with Crippen LogP contribution in [-0.4, -0.2) is 51.2 Å². The smallest absolute Gasteiger partial charge is 0.337 e. The first kappa shape index (κ1) is 44.5. The van der Waals surface area contributed by atoms with Crippen molar-refractivity contribution in [2.45, 2.75) is 39.8 Å². The molecule has 54 heavy (non-hydrogen) atoms. The zero-order valence-corrected chi connectivity index (χ0v) is 34.2. The molecule has 0 aliphatic rings. The second-order valence-corrected chi connectivity index (χ2v) is 14.1. The maximum atomic E-state index is 14.3. The molecule has 0 saturated carbocycles. The zero-order chi connectivity index (χ0) is 39.6. The molecule has 2 aromatic carbocycles. The van der Waals surface area contributed by atoms with Gasteiger partial charge in [0.25, 0.3) is 0 Å². The lowest BCUT2D eigenvalue weighted by Gasteiger charge is -2.14. The van der Waals surface area contributed by atoms with E-state index >= 15 is 0 Å². The van der Waals surface area contributed by atoms with Crippen LogP contribution in [0.3, 0.4) is 0 Å². The summed E-state index contributed by atoms with van der Waals surface area (Å²) >= 11 is 23.4. The summed E-state index contributed by atoms with van der Waals surface area (Å²) in [6.07, 6.45) is 3.39. The monoisotopic (exact) mass is 960 g/mol. The highest BCUT2D eigenvalue weighted by Crippen LogP contribution is 2.34. The number of imidazole rings is 2. The molecule has 4 aromatic heterocycles. The first-order chi connectivity index (χ1) is 24.7. The average molecular weight is 964 g/mol. The van der Waals surface area contributed by atoms with Crippen molar-refractivity contribution >= 4 is 130 Å². The van der Waals surface area contributed by atoms with Gasteiger partial charge in [-0.1, -0.05) is 34.8 Å². The molecule has 0 amide bonds. The fraction of sp³-hybridized carbons (Fsp3) is 0.188. The summed E-state index contributed by atoms with van der Waals surface area (Å²) in [7, 11) is 0. The van der Waals surface area contributed by atoms with Gasteiger partial charge < -0.3 is 30.4 Å². The second-order valence-electron chi connectivity index (χ2n) is 11.4. The Hall–Kier alpha value is -3.94. The molecule has 0 radical (unpaired) electrons. The zero-order valence-electron chi connectivity index (χ0n) is 27.9. The molecule has 0 fully saturated rings. The van der Waals surface area contributed by atoms with Crippen LogP contribution in [0.1, 0.15) is 60.5 Å². The molecule has 6 rings (SSSR count). The minimum absolute atomic E-state index is 0. The number of anilines is 3. The standard InChI is InChI=1S/C16H12BrClF2N4O2.C9H9BrClN3.C7H4ClF2NO2.ClH/c1-6(2)24-5-21-9-4-10(17)23-15(14(9)24)22-8-3-7(16(25)26)11(18)13(20)12(8)19;1-5(2)14-4-12-6-3-7(10)13-9(11)8(6)14;8-4-2(7(12)13)1-3(11)5(9)6(4)10;/h3-6H,1-2H3,(H,22,23)(H,25,26);3-5H,1-2H3;1H,11H2,(H,12,13);1H. The van der Waals surface area contributed by atoms with Crippen LogP contribution in [0, 0.1) is 23.3 Å². The van der Waals surface area contributed by atoms with Gasteiger partial charge in [-0.3, -0.25) is 0 Å². The van der Waals surface area contributed by atoms with E-state index in [2.05, 4.69) is 71.0 Å². The van der Waals surface area contributed by atoms with Gasteiger partial charge in [0.15, 0.2) is 34.2 Å². The number of carbonyl (C=O) groups is 2. The highest BCUT2D eigenvalue weighted by atomic mass is 79.9. The molecule has 288 valence electrons. The number of benzene rings is 2. The molecule has 0 spiro atoms. The van der Waals surface area contributed by atoms with Crippen molar-refractivity contribution in [3.63, 3.8) is 0 Å². The fourth-order valence-electron chi connectivity index (χ4n) is 4.64. The molecule has 0 atom stereocenters. The van der Waals surface area contributed by atoms with Crippen molar-refractivity contribution in [2.24, 2.45) is 0 Å². The van der Waals surface area contributed by atoms with Crippen LogP contribution in [0.5, 0.6) is 0 Å². The molecule has 0 bridgehead atoms. The number of rotatable bonds is 6. The van der Waals surface area contributed by atoms with E-state index < -0.39 is 67.8 Å². The summed E-state index contributed by atoms with van der Waals surface area (Å²) in [5, 5.41) is 19.2. The quantitative estimate of drug-likeness (QED) is 0.0544. The number of nitrogen functional groups attached to an aromatic ring is 1. The lowest BCUT2D eigenvalue weighted by molar-refractivity contribution is 0.0685. The summed E-state index contributed by atoms with van der Waals surface area (Å²) in [5.74, 6) is -8.28. The van der Waals surface area contributed by atoms with E-state index in [-0.39, 0.29) is 24.3 Å². The molecule has 0 aliphatic carbocycles. The number of nitrogens with zero attached hydrogens (tertiary/aromatic N) is 6. The molecule has 4 heterocycles. The summed E-state index contributed by atoms with van der Waals surface area (Å²) < 4.78 is 58.7. The van der Waals surface area contributed by atoms with Crippen LogP contribution in [-0.2, 0) is 0 Å². The molecule has 5 N–H and O–H groups in total. The van der Waals surface area contributed by atoms with E-state index in [1.54, 1.807) is 23.3 Å².